The van der Waals surface area contributed by atoms with Gasteiger partial charge >= 0.3 is 0 Å². The molecular formula is C15H22ClNO. The molecule has 2 atom stereocenters. The molecule has 1 aliphatic rings. The van der Waals surface area contributed by atoms with Crippen LogP contribution in [-0.4, -0.2) is 18.7 Å². The van der Waals surface area contributed by atoms with Crippen molar-refractivity contribution in [3.8, 4) is 5.75 Å². The monoisotopic (exact) mass is 267 g/mol. The number of hydrogen-bond acceptors (Lipinski definition) is 2. The van der Waals surface area contributed by atoms with Gasteiger partial charge in [0.25, 0.3) is 0 Å². The lowest BCUT2D eigenvalue weighted by Crippen LogP contribution is -2.38. The Hall–Kier alpha value is -0.730. The average Bonchev–Trinajstić information content (AvgIpc) is 2.35. The van der Waals surface area contributed by atoms with E-state index in [1.807, 2.05) is 18.2 Å². The highest BCUT2D eigenvalue weighted by atomic mass is 35.5. The highest BCUT2D eigenvalue weighted by molar-refractivity contribution is 6.30. The molecule has 1 aromatic carbocycles. The third kappa shape index (κ3) is 3.63. The van der Waals surface area contributed by atoms with E-state index < -0.39 is 0 Å². The number of hydrogen-bond donors (Lipinski definition) is 1. The van der Waals surface area contributed by atoms with Gasteiger partial charge in [-0.2, -0.15) is 0 Å². The molecule has 2 rings (SSSR count). The Balaban J connectivity index is 1.98. The number of ether oxygens (including phenoxy) is 1. The van der Waals surface area contributed by atoms with Crippen molar-refractivity contribution in [2.75, 3.05) is 6.54 Å². The van der Waals surface area contributed by atoms with Crippen LogP contribution >= 0.6 is 11.6 Å². The fourth-order valence-corrected chi connectivity index (χ4v) is 2.77. The molecule has 1 aliphatic carbocycles. The van der Waals surface area contributed by atoms with E-state index in [0.29, 0.717) is 12.1 Å². The van der Waals surface area contributed by atoms with Crippen molar-refractivity contribution in [3.63, 3.8) is 0 Å². The molecule has 1 N–H and O–H groups in total. The van der Waals surface area contributed by atoms with Crippen LogP contribution < -0.4 is 10.1 Å². The third-order valence-electron chi connectivity index (χ3n) is 3.56. The van der Waals surface area contributed by atoms with Gasteiger partial charge in [0.05, 0.1) is 0 Å². The second kappa shape index (κ2) is 6.44. The molecule has 1 fully saturated rings. The molecule has 0 saturated heterocycles. The predicted molar refractivity (Wildman–Crippen MR) is 76.5 cm³/mol. The summed E-state index contributed by atoms with van der Waals surface area (Å²) in [6.07, 6.45) is 5.07. The SMILES string of the molecule is CCNC1CCCC(Oc2cc(Cl)ccc2C)C1. The summed E-state index contributed by atoms with van der Waals surface area (Å²) in [4.78, 5) is 0. The smallest absolute Gasteiger partial charge is 0.124 e. The van der Waals surface area contributed by atoms with Crippen molar-refractivity contribution in [1.29, 1.82) is 0 Å². The van der Waals surface area contributed by atoms with E-state index >= 15 is 0 Å². The molecule has 3 heteroatoms. The summed E-state index contributed by atoms with van der Waals surface area (Å²) >= 11 is 6.02. The molecule has 0 aliphatic heterocycles. The van der Waals surface area contributed by atoms with Crippen molar-refractivity contribution in [2.24, 2.45) is 0 Å². The van der Waals surface area contributed by atoms with E-state index in [4.69, 9.17) is 16.3 Å². The minimum Gasteiger partial charge on any atom is -0.490 e. The van der Waals surface area contributed by atoms with Crippen LogP contribution in [0.5, 0.6) is 5.75 Å². The number of aryl methyl sites for hydroxylation is 1. The van der Waals surface area contributed by atoms with Crippen LogP contribution in [0, 0.1) is 6.92 Å². The van der Waals surface area contributed by atoms with Gasteiger partial charge in [0.2, 0.25) is 0 Å². The van der Waals surface area contributed by atoms with E-state index in [9.17, 15) is 0 Å². The lowest BCUT2D eigenvalue weighted by Gasteiger charge is -2.30. The topological polar surface area (TPSA) is 21.3 Å². The maximum absolute atomic E-state index is 6.12. The second-order valence-electron chi connectivity index (χ2n) is 5.07. The van der Waals surface area contributed by atoms with Crippen molar-refractivity contribution >= 4 is 11.6 Å². The van der Waals surface area contributed by atoms with E-state index in [0.717, 1.165) is 35.7 Å². The van der Waals surface area contributed by atoms with Gasteiger partial charge in [-0.05, 0) is 56.8 Å². The second-order valence-corrected chi connectivity index (χ2v) is 5.51. The molecule has 0 bridgehead atoms. The van der Waals surface area contributed by atoms with Gasteiger partial charge in [-0.15, -0.1) is 0 Å². The first kappa shape index (κ1) is 13.7. The van der Waals surface area contributed by atoms with Gasteiger partial charge in [0, 0.05) is 11.1 Å². The minimum atomic E-state index is 0.319. The molecule has 18 heavy (non-hydrogen) atoms. The summed E-state index contributed by atoms with van der Waals surface area (Å²) < 4.78 is 6.12. The average molecular weight is 268 g/mol. The number of rotatable bonds is 4. The Morgan fingerprint density at radius 3 is 3.00 bits per heavy atom. The maximum atomic E-state index is 6.12. The number of halogens is 1. The maximum Gasteiger partial charge on any atom is 0.124 e. The molecule has 0 amide bonds. The van der Waals surface area contributed by atoms with Crippen molar-refractivity contribution in [2.45, 2.75) is 51.7 Å². The van der Waals surface area contributed by atoms with E-state index in [-0.39, 0.29) is 0 Å². The standard InChI is InChI=1S/C15H22ClNO/c1-3-17-13-5-4-6-14(10-13)18-15-9-12(16)8-7-11(15)2/h7-9,13-14,17H,3-6,10H2,1-2H3. The Morgan fingerprint density at radius 2 is 2.22 bits per heavy atom. The molecule has 0 aromatic heterocycles. The first-order valence-corrected chi connectivity index (χ1v) is 7.23. The van der Waals surface area contributed by atoms with Crippen LogP contribution in [0.15, 0.2) is 18.2 Å². The van der Waals surface area contributed by atoms with Crippen LogP contribution in [-0.2, 0) is 0 Å². The van der Waals surface area contributed by atoms with Crippen LogP contribution in [0.3, 0.4) is 0 Å². The van der Waals surface area contributed by atoms with Gasteiger partial charge < -0.3 is 10.1 Å². The molecule has 100 valence electrons. The van der Waals surface area contributed by atoms with E-state index in [2.05, 4.69) is 19.2 Å². The minimum absolute atomic E-state index is 0.319. The predicted octanol–water partition coefficient (Wildman–Crippen LogP) is 3.95. The quantitative estimate of drug-likeness (QED) is 0.892. The van der Waals surface area contributed by atoms with Crippen LogP contribution in [0.2, 0.25) is 5.02 Å². The Kier molecular flexibility index (Phi) is 4.90. The molecule has 2 nitrogen and oxygen atoms in total. The lowest BCUT2D eigenvalue weighted by molar-refractivity contribution is 0.134. The van der Waals surface area contributed by atoms with Crippen molar-refractivity contribution < 1.29 is 4.74 Å². The number of benzene rings is 1. The van der Waals surface area contributed by atoms with Crippen LogP contribution in [0.25, 0.3) is 0 Å². The van der Waals surface area contributed by atoms with E-state index in [1.165, 1.54) is 12.8 Å². The number of nitrogens with one attached hydrogen (secondary N) is 1. The third-order valence-corrected chi connectivity index (χ3v) is 3.80. The van der Waals surface area contributed by atoms with Gasteiger partial charge in [-0.3, -0.25) is 0 Å². The zero-order chi connectivity index (χ0) is 13.0. The van der Waals surface area contributed by atoms with Gasteiger partial charge in [-0.25, -0.2) is 0 Å². The normalized spacial score (nSPS) is 23.9. The molecule has 2 unspecified atom stereocenters. The molecular weight excluding hydrogens is 246 g/mol. The fraction of sp³-hybridized carbons (Fsp3) is 0.600. The summed E-state index contributed by atoms with van der Waals surface area (Å²) in [6, 6.07) is 6.45. The van der Waals surface area contributed by atoms with Gasteiger partial charge in [0.15, 0.2) is 0 Å². The van der Waals surface area contributed by atoms with E-state index in [1.54, 1.807) is 0 Å². The Morgan fingerprint density at radius 1 is 1.39 bits per heavy atom. The van der Waals surface area contributed by atoms with Crippen LogP contribution in [0.4, 0.5) is 0 Å². The summed E-state index contributed by atoms with van der Waals surface area (Å²) in [6.45, 7) is 5.26. The van der Waals surface area contributed by atoms with Crippen molar-refractivity contribution in [1.82, 2.24) is 5.32 Å². The highest BCUT2D eigenvalue weighted by Crippen LogP contribution is 2.28. The molecule has 0 spiro atoms. The Labute approximate surface area is 115 Å². The van der Waals surface area contributed by atoms with Gasteiger partial charge in [0.1, 0.15) is 11.9 Å². The molecule has 1 aromatic rings. The zero-order valence-electron chi connectivity index (χ0n) is 11.2. The van der Waals surface area contributed by atoms with Gasteiger partial charge in [-0.1, -0.05) is 24.6 Å². The molecule has 1 saturated carbocycles. The molecule has 0 radical (unpaired) electrons. The first-order valence-electron chi connectivity index (χ1n) is 6.85. The van der Waals surface area contributed by atoms with Crippen molar-refractivity contribution in [3.05, 3.63) is 28.8 Å². The Bertz CT molecular complexity index is 392. The summed E-state index contributed by atoms with van der Waals surface area (Å²) in [5, 5.41) is 4.27. The highest BCUT2D eigenvalue weighted by Gasteiger charge is 2.23. The fourth-order valence-electron chi connectivity index (χ4n) is 2.61. The summed E-state index contributed by atoms with van der Waals surface area (Å²) in [5.74, 6) is 0.935. The summed E-state index contributed by atoms with van der Waals surface area (Å²) in [5.41, 5.74) is 1.16. The largest absolute Gasteiger partial charge is 0.490 e. The lowest BCUT2D eigenvalue weighted by atomic mass is 9.93. The zero-order valence-corrected chi connectivity index (χ0v) is 12.0. The molecule has 0 heterocycles. The van der Waals surface area contributed by atoms with Crippen LogP contribution in [0.1, 0.15) is 38.2 Å². The first-order chi connectivity index (χ1) is 8.69. The summed E-state index contributed by atoms with van der Waals surface area (Å²) in [7, 11) is 0.